The van der Waals surface area contributed by atoms with E-state index in [4.69, 9.17) is 5.73 Å². The predicted molar refractivity (Wildman–Crippen MR) is 67.4 cm³/mol. The second kappa shape index (κ2) is 4.29. The van der Waals surface area contributed by atoms with E-state index in [1.165, 1.54) is 19.3 Å². The lowest BCUT2D eigenvalue weighted by atomic mass is 9.75. The number of nitrogens with one attached hydrogen (secondary N) is 1. The largest absolute Gasteiger partial charge is 0.397 e. The lowest BCUT2D eigenvalue weighted by molar-refractivity contribution is 0.0738. The van der Waals surface area contributed by atoms with E-state index in [2.05, 4.69) is 29.3 Å². The van der Waals surface area contributed by atoms with Gasteiger partial charge in [-0.2, -0.15) is 0 Å². The summed E-state index contributed by atoms with van der Waals surface area (Å²) in [5.74, 6) is 0.905. The Morgan fingerprint density at radius 2 is 2.19 bits per heavy atom. The van der Waals surface area contributed by atoms with Crippen molar-refractivity contribution in [3.8, 4) is 0 Å². The van der Waals surface area contributed by atoms with Crippen LogP contribution >= 0.6 is 0 Å². The predicted octanol–water partition coefficient (Wildman–Crippen LogP) is 1.56. The van der Waals surface area contributed by atoms with Gasteiger partial charge in [-0.15, -0.1) is 0 Å². The van der Waals surface area contributed by atoms with Crippen molar-refractivity contribution in [2.45, 2.75) is 24.8 Å². The molecule has 0 aliphatic heterocycles. The first-order valence-electron chi connectivity index (χ1n) is 5.75. The highest BCUT2D eigenvalue weighted by molar-refractivity contribution is 5.44. The number of nitrogens with zero attached hydrogens (tertiary/aromatic N) is 2. The summed E-state index contributed by atoms with van der Waals surface area (Å²) < 4.78 is 0. The Bertz CT molecular complexity index is 341. The first-order valence-corrected chi connectivity index (χ1v) is 5.75. The average Bonchev–Trinajstić information content (AvgIpc) is 2.18. The zero-order valence-corrected chi connectivity index (χ0v) is 10.0. The molecule has 0 unspecified atom stereocenters. The summed E-state index contributed by atoms with van der Waals surface area (Å²) >= 11 is 0. The van der Waals surface area contributed by atoms with Crippen LogP contribution in [0.15, 0.2) is 18.3 Å². The Labute approximate surface area is 96.8 Å². The van der Waals surface area contributed by atoms with Crippen LogP contribution in [0, 0.1) is 0 Å². The Morgan fingerprint density at radius 1 is 1.44 bits per heavy atom. The van der Waals surface area contributed by atoms with Crippen molar-refractivity contribution in [1.82, 2.24) is 9.88 Å². The highest BCUT2D eigenvalue weighted by Gasteiger charge is 2.38. The van der Waals surface area contributed by atoms with Crippen molar-refractivity contribution in [3.05, 3.63) is 18.3 Å². The van der Waals surface area contributed by atoms with Gasteiger partial charge in [0.15, 0.2) is 0 Å². The summed E-state index contributed by atoms with van der Waals surface area (Å²) in [6.45, 7) is 0.955. The van der Waals surface area contributed by atoms with Crippen molar-refractivity contribution in [2.75, 3.05) is 31.7 Å². The van der Waals surface area contributed by atoms with Gasteiger partial charge in [-0.1, -0.05) is 0 Å². The molecule has 0 aromatic carbocycles. The molecule has 0 atom stereocenters. The number of aromatic nitrogens is 1. The van der Waals surface area contributed by atoms with E-state index in [9.17, 15) is 0 Å². The van der Waals surface area contributed by atoms with Crippen LogP contribution in [0.2, 0.25) is 0 Å². The second-order valence-electron chi connectivity index (χ2n) is 4.80. The van der Waals surface area contributed by atoms with Crippen molar-refractivity contribution in [3.63, 3.8) is 0 Å². The molecule has 4 heteroatoms. The molecule has 0 radical (unpaired) electrons. The third kappa shape index (κ3) is 2.11. The Morgan fingerprint density at radius 3 is 2.62 bits per heavy atom. The number of nitrogen functional groups attached to an aromatic ring is 1. The van der Waals surface area contributed by atoms with Crippen LogP contribution in [0.5, 0.6) is 0 Å². The van der Waals surface area contributed by atoms with Crippen molar-refractivity contribution >= 4 is 11.5 Å². The molecule has 16 heavy (non-hydrogen) atoms. The van der Waals surface area contributed by atoms with Gasteiger partial charge in [-0.05, 0) is 45.5 Å². The smallest absolute Gasteiger partial charge is 0.126 e. The highest BCUT2D eigenvalue weighted by Crippen LogP contribution is 2.36. The summed E-state index contributed by atoms with van der Waals surface area (Å²) in [6, 6.07) is 3.80. The van der Waals surface area contributed by atoms with E-state index < -0.39 is 0 Å². The summed E-state index contributed by atoms with van der Waals surface area (Å²) in [5, 5.41) is 3.39. The fourth-order valence-corrected chi connectivity index (χ4v) is 2.13. The topological polar surface area (TPSA) is 54.2 Å². The van der Waals surface area contributed by atoms with Crippen LogP contribution in [0.3, 0.4) is 0 Å². The van der Waals surface area contributed by atoms with Gasteiger partial charge in [0.05, 0.1) is 11.9 Å². The number of pyridine rings is 1. The normalized spacial score (nSPS) is 18.2. The quantitative estimate of drug-likeness (QED) is 0.808. The van der Waals surface area contributed by atoms with E-state index in [0.717, 1.165) is 12.4 Å². The molecule has 1 aliphatic carbocycles. The lowest BCUT2D eigenvalue weighted by Crippen LogP contribution is -2.54. The Hall–Kier alpha value is -1.29. The van der Waals surface area contributed by atoms with Crippen molar-refractivity contribution in [2.24, 2.45) is 0 Å². The van der Waals surface area contributed by atoms with Crippen LogP contribution in [0.4, 0.5) is 11.5 Å². The van der Waals surface area contributed by atoms with Gasteiger partial charge in [-0.25, -0.2) is 4.98 Å². The minimum Gasteiger partial charge on any atom is -0.397 e. The molecule has 88 valence electrons. The molecule has 3 N–H and O–H groups in total. The summed E-state index contributed by atoms with van der Waals surface area (Å²) in [6.07, 6.45) is 5.55. The van der Waals surface area contributed by atoms with E-state index in [1.807, 2.05) is 12.1 Å². The number of hydrogen-bond acceptors (Lipinski definition) is 4. The number of rotatable bonds is 4. The zero-order chi connectivity index (χ0) is 11.6. The fourth-order valence-electron chi connectivity index (χ4n) is 2.13. The molecular formula is C12H20N4. The molecule has 0 spiro atoms. The van der Waals surface area contributed by atoms with Crippen molar-refractivity contribution in [1.29, 1.82) is 0 Å². The maximum atomic E-state index is 5.60. The molecule has 1 heterocycles. The van der Waals surface area contributed by atoms with Gasteiger partial charge < -0.3 is 16.0 Å². The summed E-state index contributed by atoms with van der Waals surface area (Å²) in [5.41, 5.74) is 6.62. The highest BCUT2D eigenvalue weighted by atomic mass is 15.2. The van der Waals surface area contributed by atoms with Gasteiger partial charge in [0, 0.05) is 12.1 Å². The van der Waals surface area contributed by atoms with E-state index in [-0.39, 0.29) is 0 Å². The van der Waals surface area contributed by atoms with Crippen LogP contribution < -0.4 is 11.1 Å². The van der Waals surface area contributed by atoms with Gasteiger partial charge in [-0.3, -0.25) is 0 Å². The molecule has 0 saturated heterocycles. The maximum absolute atomic E-state index is 5.60. The molecular weight excluding hydrogens is 200 g/mol. The number of anilines is 2. The van der Waals surface area contributed by atoms with E-state index in [1.54, 1.807) is 6.20 Å². The monoisotopic (exact) mass is 220 g/mol. The minimum atomic E-state index is 0.322. The molecule has 0 bridgehead atoms. The molecule has 2 rings (SSSR count). The molecule has 1 fully saturated rings. The number of hydrogen-bond donors (Lipinski definition) is 2. The average molecular weight is 220 g/mol. The Kier molecular flexibility index (Phi) is 3.01. The molecule has 1 aliphatic rings. The fraction of sp³-hybridized carbons (Fsp3) is 0.583. The van der Waals surface area contributed by atoms with Crippen LogP contribution in [0.1, 0.15) is 19.3 Å². The van der Waals surface area contributed by atoms with E-state index >= 15 is 0 Å². The number of likely N-dealkylation sites (N-methyl/N-ethyl adjacent to an activating group) is 1. The Balaban J connectivity index is 1.93. The van der Waals surface area contributed by atoms with Crippen LogP contribution in [0.25, 0.3) is 0 Å². The summed E-state index contributed by atoms with van der Waals surface area (Å²) in [7, 11) is 4.30. The van der Waals surface area contributed by atoms with Gasteiger partial charge >= 0.3 is 0 Å². The zero-order valence-electron chi connectivity index (χ0n) is 10.0. The second-order valence-corrected chi connectivity index (χ2v) is 4.80. The molecule has 4 nitrogen and oxygen atoms in total. The standard InChI is InChI=1S/C12H20N4/c1-16(2)12(6-3-7-12)9-15-11-5-4-10(13)8-14-11/h4-5,8H,3,6-7,9,13H2,1-2H3,(H,14,15). The van der Waals surface area contributed by atoms with Crippen LogP contribution in [-0.2, 0) is 0 Å². The minimum absolute atomic E-state index is 0.322. The van der Waals surface area contributed by atoms with Gasteiger partial charge in [0.1, 0.15) is 5.82 Å². The molecule has 1 aromatic rings. The number of nitrogens with two attached hydrogens (primary N) is 1. The molecule has 0 amide bonds. The van der Waals surface area contributed by atoms with E-state index in [0.29, 0.717) is 11.2 Å². The summed E-state index contributed by atoms with van der Waals surface area (Å²) in [4.78, 5) is 6.56. The van der Waals surface area contributed by atoms with Gasteiger partial charge in [0.25, 0.3) is 0 Å². The first kappa shape index (κ1) is 11.2. The molecule has 1 saturated carbocycles. The van der Waals surface area contributed by atoms with Crippen molar-refractivity contribution < 1.29 is 0 Å². The third-order valence-electron chi connectivity index (χ3n) is 3.62. The van der Waals surface area contributed by atoms with Crippen LogP contribution in [-0.4, -0.2) is 36.1 Å². The maximum Gasteiger partial charge on any atom is 0.126 e. The third-order valence-corrected chi connectivity index (χ3v) is 3.62. The lowest BCUT2D eigenvalue weighted by Gasteiger charge is -2.47. The SMILES string of the molecule is CN(C)C1(CNc2ccc(N)cn2)CCC1. The first-order chi connectivity index (χ1) is 7.62. The molecule has 1 aromatic heterocycles. The van der Waals surface area contributed by atoms with Gasteiger partial charge in [0.2, 0.25) is 0 Å².